The fraction of sp³-hybridized carbons (Fsp3) is 0.778. The minimum absolute atomic E-state index is 0. The molecule has 0 atom stereocenters. The molecule has 2 N–H and O–H groups in total. The van der Waals surface area contributed by atoms with Gasteiger partial charge >= 0.3 is 0 Å². The lowest BCUT2D eigenvalue weighted by molar-refractivity contribution is 0.0732. The summed E-state index contributed by atoms with van der Waals surface area (Å²) in [7, 11) is 3.61. The van der Waals surface area contributed by atoms with Crippen LogP contribution in [0.4, 0.5) is 0 Å². The fourth-order valence-electron chi connectivity index (χ4n) is 3.01. The number of nitrogens with one attached hydrogen (secondary N) is 2. The molecular formula is C18H33IN4OS. The fourth-order valence-corrected chi connectivity index (χ4v) is 3.88. The number of aliphatic imine (C=N–C) groups is 1. The van der Waals surface area contributed by atoms with Gasteiger partial charge in [0, 0.05) is 51.6 Å². The number of nitrogens with zero attached hydrogens (tertiary/aromatic N) is 2. The summed E-state index contributed by atoms with van der Waals surface area (Å²) in [4.78, 5) is 9.02. The Morgan fingerprint density at radius 3 is 2.68 bits per heavy atom. The number of hydrogen-bond acceptors (Lipinski definition) is 4. The summed E-state index contributed by atoms with van der Waals surface area (Å²) in [6, 6.07) is 0. The Bertz CT molecular complexity index is 529. The second kappa shape index (κ2) is 11.3. The van der Waals surface area contributed by atoms with Crippen molar-refractivity contribution in [2.24, 2.45) is 10.4 Å². The number of aromatic nitrogens is 1. The van der Waals surface area contributed by atoms with Gasteiger partial charge in [-0.05, 0) is 24.7 Å². The van der Waals surface area contributed by atoms with Gasteiger partial charge in [-0.2, -0.15) is 0 Å². The van der Waals surface area contributed by atoms with Crippen LogP contribution >= 0.6 is 35.3 Å². The number of hydrogen-bond donors (Lipinski definition) is 2. The highest BCUT2D eigenvalue weighted by atomic mass is 127. The summed E-state index contributed by atoms with van der Waals surface area (Å²) in [5, 5.41) is 10.3. The summed E-state index contributed by atoms with van der Waals surface area (Å²) in [6.07, 6.45) is 5.97. The minimum Gasteiger partial charge on any atom is -0.385 e. The molecule has 1 aromatic heterocycles. The summed E-state index contributed by atoms with van der Waals surface area (Å²) < 4.78 is 5.26. The predicted octanol–water partition coefficient (Wildman–Crippen LogP) is 3.80. The maximum Gasteiger partial charge on any atom is 0.191 e. The van der Waals surface area contributed by atoms with Crippen LogP contribution in [-0.4, -0.2) is 44.8 Å². The van der Waals surface area contributed by atoms with E-state index in [1.54, 1.807) is 18.4 Å². The van der Waals surface area contributed by atoms with Crippen molar-refractivity contribution in [3.8, 4) is 0 Å². The van der Waals surface area contributed by atoms with E-state index in [1.807, 2.05) is 7.05 Å². The Labute approximate surface area is 173 Å². The maximum absolute atomic E-state index is 5.26. The molecule has 0 unspecified atom stereocenters. The first-order chi connectivity index (χ1) is 11.6. The summed E-state index contributed by atoms with van der Waals surface area (Å²) in [5.41, 5.74) is 1.57. The third kappa shape index (κ3) is 7.02. The molecule has 1 heterocycles. The molecule has 1 saturated carbocycles. The van der Waals surface area contributed by atoms with Crippen molar-refractivity contribution in [3.05, 3.63) is 16.1 Å². The first-order valence-electron chi connectivity index (χ1n) is 8.96. The normalized spacial score (nSPS) is 16.3. The van der Waals surface area contributed by atoms with E-state index in [2.05, 4.69) is 39.8 Å². The first-order valence-corrected chi connectivity index (χ1v) is 9.84. The molecule has 0 saturated heterocycles. The van der Waals surface area contributed by atoms with Crippen molar-refractivity contribution in [1.29, 1.82) is 0 Å². The molecule has 1 aliphatic carbocycles. The van der Waals surface area contributed by atoms with Crippen LogP contribution in [0.1, 0.15) is 56.2 Å². The van der Waals surface area contributed by atoms with Crippen LogP contribution in [0.25, 0.3) is 0 Å². The topological polar surface area (TPSA) is 58.5 Å². The van der Waals surface area contributed by atoms with Gasteiger partial charge < -0.3 is 15.4 Å². The SMILES string of the molecule is CN=C(NCCc1csc(C(C)C)n1)NCC1(CCOC)CCC1.I. The Kier molecular flexibility index (Phi) is 10.3. The van der Waals surface area contributed by atoms with Crippen LogP contribution in [0.2, 0.25) is 0 Å². The van der Waals surface area contributed by atoms with E-state index < -0.39 is 0 Å². The third-order valence-electron chi connectivity index (χ3n) is 4.84. The lowest BCUT2D eigenvalue weighted by Crippen LogP contribution is -2.47. The van der Waals surface area contributed by atoms with E-state index >= 15 is 0 Å². The summed E-state index contributed by atoms with van der Waals surface area (Å²) >= 11 is 1.76. The van der Waals surface area contributed by atoms with Gasteiger partial charge in [-0.15, -0.1) is 35.3 Å². The van der Waals surface area contributed by atoms with Gasteiger partial charge in [-0.25, -0.2) is 4.98 Å². The van der Waals surface area contributed by atoms with E-state index in [1.165, 1.54) is 30.0 Å². The molecule has 2 rings (SSSR count). The lowest BCUT2D eigenvalue weighted by Gasteiger charge is -2.42. The molecular weight excluding hydrogens is 447 g/mol. The van der Waals surface area contributed by atoms with Gasteiger partial charge in [0.15, 0.2) is 5.96 Å². The van der Waals surface area contributed by atoms with Gasteiger partial charge in [0.1, 0.15) is 0 Å². The van der Waals surface area contributed by atoms with Crippen LogP contribution in [-0.2, 0) is 11.2 Å². The molecule has 0 aliphatic heterocycles. The molecule has 0 radical (unpaired) electrons. The Hall–Kier alpha value is -0.410. The molecule has 0 aromatic carbocycles. The second-order valence-electron chi connectivity index (χ2n) is 7.03. The smallest absolute Gasteiger partial charge is 0.191 e. The van der Waals surface area contributed by atoms with Crippen molar-refractivity contribution >= 4 is 41.3 Å². The van der Waals surface area contributed by atoms with Crippen LogP contribution in [0.5, 0.6) is 0 Å². The highest BCUT2D eigenvalue weighted by Gasteiger charge is 2.36. The molecule has 5 nitrogen and oxygen atoms in total. The van der Waals surface area contributed by atoms with Gasteiger partial charge in [0.25, 0.3) is 0 Å². The number of thiazole rings is 1. The maximum atomic E-state index is 5.26. The largest absolute Gasteiger partial charge is 0.385 e. The zero-order valence-corrected chi connectivity index (χ0v) is 19.1. The summed E-state index contributed by atoms with van der Waals surface area (Å²) in [6.45, 7) is 7.05. The van der Waals surface area contributed by atoms with Gasteiger partial charge in [-0.3, -0.25) is 4.99 Å². The Morgan fingerprint density at radius 1 is 1.40 bits per heavy atom. The molecule has 0 bridgehead atoms. The van der Waals surface area contributed by atoms with E-state index in [-0.39, 0.29) is 24.0 Å². The quantitative estimate of drug-likeness (QED) is 0.321. The molecule has 144 valence electrons. The Balaban J connectivity index is 0.00000312. The van der Waals surface area contributed by atoms with Crippen LogP contribution in [0.15, 0.2) is 10.4 Å². The number of guanidine groups is 1. The number of rotatable bonds is 9. The van der Waals surface area contributed by atoms with Crippen molar-refractivity contribution in [2.45, 2.75) is 51.9 Å². The minimum atomic E-state index is 0. The van der Waals surface area contributed by atoms with E-state index in [4.69, 9.17) is 4.74 Å². The molecule has 0 amide bonds. The van der Waals surface area contributed by atoms with Gasteiger partial charge in [0.05, 0.1) is 10.7 Å². The molecule has 0 spiro atoms. The van der Waals surface area contributed by atoms with Gasteiger partial charge in [-0.1, -0.05) is 20.3 Å². The molecule has 1 aliphatic rings. The number of halogens is 1. The monoisotopic (exact) mass is 480 g/mol. The molecule has 1 fully saturated rings. The average Bonchev–Trinajstić information content (AvgIpc) is 3.01. The first kappa shape index (κ1) is 22.6. The van der Waals surface area contributed by atoms with E-state index in [0.717, 1.165) is 38.5 Å². The van der Waals surface area contributed by atoms with Crippen LogP contribution in [0, 0.1) is 5.41 Å². The number of ether oxygens (including phenoxy) is 1. The number of methoxy groups -OCH3 is 1. The second-order valence-corrected chi connectivity index (χ2v) is 7.92. The zero-order valence-electron chi connectivity index (χ0n) is 15.9. The third-order valence-corrected chi connectivity index (χ3v) is 6.04. The highest BCUT2D eigenvalue weighted by Crippen LogP contribution is 2.43. The van der Waals surface area contributed by atoms with Crippen LogP contribution in [0.3, 0.4) is 0 Å². The zero-order chi connectivity index (χ0) is 17.4. The van der Waals surface area contributed by atoms with Gasteiger partial charge in [0.2, 0.25) is 0 Å². The highest BCUT2D eigenvalue weighted by molar-refractivity contribution is 14.0. The van der Waals surface area contributed by atoms with Crippen LogP contribution < -0.4 is 10.6 Å². The van der Waals surface area contributed by atoms with Crippen molar-refractivity contribution in [1.82, 2.24) is 15.6 Å². The van der Waals surface area contributed by atoms with Crippen molar-refractivity contribution in [3.63, 3.8) is 0 Å². The molecule has 1 aromatic rings. The van der Waals surface area contributed by atoms with E-state index in [9.17, 15) is 0 Å². The average molecular weight is 480 g/mol. The van der Waals surface area contributed by atoms with Crippen molar-refractivity contribution < 1.29 is 4.74 Å². The predicted molar refractivity (Wildman–Crippen MR) is 117 cm³/mol. The molecule has 7 heteroatoms. The summed E-state index contributed by atoms with van der Waals surface area (Å²) in [5.74, 6) is 1.40. The van der Waals surface area contributed by atoms with Crippen molar-refractivity contribution in [2.75, 3.05) is 33.9 Å². The van der Waals surface area contributed by atoms with E-state index in [0.29, 0.717) is 11.3 Å². The standard InChI is InChI=1S/C18H32N4OS.HI/c1-14(2)16-22-15(12-24-16)6-10-20-17(19-3)21-13-18(7-5-8-18)9-11-23-4;/h12,14H,5-11,13H2,1-4H3,(H2,19,20,21);1H. The lowest BCUT2D eigenvalue weighted by atomic mass is 9.67. The molecule has 25 heavy (non-hydrogen) atoms. The Morgan fingerprint density at radius 2 is 2.16 bits per heavy atom.